The number of aliphatic imine (C=N–C) groups is 1. The summed E-state index contributed by atoms with van der Waals surface area (Å²) in [6.07, 6.45) is 9.09. The Bertz CT molecular complexity index is 761. The molecule has 188 valence electrons. The second kappa shape index (κ2) is 11.1. The number of carboxylic acid groups (broad SMARTS) is 1. The zero-order valence-corrected chi connectivity index (χ0v) is 23.7. The van der Waals surface area contributed by atoms with Gasteiger partial charge in [-0.05, 0) is 116 Å². The van der Waals surface area contributed by atoms with E-state index in [4.69, 9.17) is 5.11 Å². The van der Waals surface area contributed by atoms with Gasteiger partial charge in [-0.2, -0.15) is 0 Å². The molecule has 0 aliphatic heterocycles. The topological polar surface area (TPSA) is 113 Å². The Hall–Kier alpha value is -0.140. The number of carboxylic acids is 1. The summed E-state index contributed by atoms with van der Waals surface area (Å²) in [7, 11) is 0. The third kappa shape index (κ3) is 5.14. The van der Waals surface area contributed by atoms with Gasteiger partial charge in [-0.15, -0.1) is 0 Å². The second-order valence-corrected chi connectivity index (χ2v) is 12.3. The molecule has 0 amide bonds. The Morgan fingerprint density at radius 1 is 1.06 bits per heavy atom. The first-order chi connectivity index (χ1) is 15.6. The molecular weight excluding hydrogens is 441 g/mol. The van der Waals surface area contributed by atoms with Crippen molar-refractivity contribution < 1.29 is 54.8 Å². The van der Waals surface area contributed by atoms with Crippen LogP contribution in [0.15, 0.2) is 4.99 Å². The summed E-state index contributed by atoms with van der Waals surface area (Å²) in [5, 5.41) is 42.7. The van der Waals surface area contributed by atoms with Gasteiger partial charge in [0.25, 0.3) is 0 Å². The quantitative estimate of drug-likeness (QED) is 0.278. The van der Waals surface area contributed by atoms with Gasteiger partial charge in [-0.3, -0.25) is 4.79 Å². The van der Waals surface area contributed by atoms with Crippen molar-refractivity contribution in [3.63, 3.8) is 0 Å². The molecule has 0 unspecified atom stereocenters. The minimum atomic E-state index is -0.929. The third-order valence-corrected chi connectivity index (χ3v) is 10.9. The summed E-state index contributed by atoms with van der Waals surface area (Å²) in [6, 6.07) is 0. The fourth-order valence-corrected chi connectivity index (χ4v) is 9.07. The van der Waals surface area contributed by atoms with Crippen molar-refractivity contribution in [1.29, 1.82) is 0 Å². The van der Waals surface area contributed by atoms with Crippen LogP contribution in [-0.2, 0) is 4.79 Å². The van der Waals surface area contributed by atoms with Gasteiger partial charge >= 0.3 is 35.5 Å². The van der Waals surface area contributed by atoms with Crippen molar-refractivity contribution in [2.45, 2.75) is 104 Å². The van der Waals surface area contributed by atoms with Crippen LogP contribution in [0.3, 0.4) is 0 Å². The number of aliphatic carboxylic acids is 1. The van der Waals surface area contributed by atoms with Gasteiger partial charge in [0, 0.05) is 6.54 Å². The van der Waals surface area contributed by atoms with Crippen molar-refractivity contribution in [3.05, 3.63) is 0 Å². The standard InChI is InChI=1S/C27H45NO5.Na/c1-16(4-9-24(31)28-13-11-25(32)33)20-7-8-21-19-6-5-17-14-18(29)10-12-26(17,2)22(19)15-23(30)27(20,21)3;/h16-23,29-30H,4-15H2,1-3H3,(H,28,31)(H,32,33);/q;+1/p-1/t16-,17-,18-,19+,20-,21+,22+,23+,26+,27-;/m1./s1. The maximum atomic E-state index is 12.1. The van der Waals surface area contributed by atoms with Crippen LogP contribution in [0.4, 0.5) is 0 Å². The maximum absolute atomic E-state index is 12.1. The molecule has 0 heterocycles. The van der Waals surface area contributed by atoms with Crippen LogP contribution >= 0.6 is 0 Å². The van der Waals surface area contributed by atoms with Crippen molar-refractivity contribution in [3.8, 4) is 0 Å². The molecule has 4 rings (SSSR count). The fourth-order valence-electron chi connectivity index (χ4n) is 9.07. The van der Waals surface area contributed by atoms with E-state index in [1.165, 1.54) is 19.3 Å². The molecule has 0 aromatic carbocycles. The molecule has 34 heavy (non-hydrogen) atoms. The minimum Gasteiger partial charge on any atom is -0.862 e. The van der Waals surface area contributed by atoms with Gasteiger partial charge in [0.15, 0.2) is 0 Å². The fraction of sp³-hybridized carbons (Fsp3) is 0.926. The Morgan fingerprint density at radius 2 is 1.79 bits per heavy atom. The summed E-state index contributed by atoms with van der Waals surface area (Å²) in [5.74, 6) is 1.97. The summed E-state index contributed by atoms with van der Waals surface area (Å²) in [5.41, 5.74) is 0.152. The van der Waals surface area contributed by atoms with E-state index in [0.29, 0.717) is 41.9 Å². The largest absolute Gasteiger partial charge is 1.00 e. The van der Waals surface area contributed by atoms with Gasteiger partial charge in [0.05, 0.1) is 18.6 Å². The average Bonchev–Trinajstić information content (AvgIpc) is 3.12. The SMILES string of the molecule is C[C@H](CCC([O-])=NCCC(=O)O)[C@H]1CC[C@H]2[C@@H]3CC[C@@H]4C[C@H](O)CC[C@]4(C)[C@H]3C[C@H](O)[C@]12C.[Na+]. The van der Waals surface area contributed by atoms with Gasteiger partial charge in [0.1, 0.15) is 0 Å². The van der Waals surface area contributed by atoms with E-state index in [-0.39, 0.29) is 71.5 Å². The number of hydrogen-bond acceptors (Lipinski definition) is 5. The van der Waals surface area contributed by atoms with Gasteiger partial charge in [0.2, 0.25) is 0 Å². The predicted molar refractivity (Wildman–Crippen MR) is 126 cm³/mol. The average molecular weight is 486 g/mol. The molecule has 0 radical (unpaired) electrons. The van der Waals surface area contributed by atoms with Crippen LogP contribution in [-0.4, -0.2) is 45.9 Å². The molecule has 0 spiro atoms. The number of fused-ring (bicyclic) bond motifs is 5. The first kappa shape index (κ1) is 28.4. The molecule has 10 atom stereocenters. The van der Waals surface area contributed by atoms with Gasteiger partial charge in [-0.25, -0.2) is 0 Å². The van der Waals surface area contributed by atoms with E-state index < -0.39 is 5.97 Å². The van der Waals surface area contributed by atoms with Crippen LogP contribution in [0.25, 0.3) is 0 Å². The molecule has 3 N–H and O–H groups in total. The van der Waals surface area contributed by atoms with Crippen molar-refractivity contribution in [2.75, 3.05) is 6.54 Å². The molecule has 0 bridgehead atoms. The van der Waals surface area contributed by atoms with Crippen molar-refractivity contribution in [2.24, 2.45) is 51.3 Å². The van der Waals surface area contributed by atoms with E-state index in [9.17, 15) is 20.1 Å². The van der Waals surface area contributed by atoms with Crippen LogP contribution in [0.2, 0.25) is 0 Å². The van der Waals surface area contributed by atoms with Crippen molar-refractivity contribution >= 4 is 11.9 Å². The minimum absolute atomic E-state index is 0. The number of nitrogens with zero attached hydrogens (tertiary/aromatic N) is 1. The molecule has 4 saturated carbocycles. The Kier molecular flexibility index (Phi) is 9.27. The number of hydrogen-bond donors (Lipinski definition) is 3. The smallest absolute Gasteiger partial charge is 0.862 e. The zero-order valence-electron chi connectivity index (χ0n) is 21.7. The number of rotatable bonds is 7. The van der Waals surface area contributed by atoms with Crippen LogP contribution < -0.4 is 34.7 Å². The number of aliphatic hydroxyl groups excluding tert-OH is 2. The molecule has 7 heteroatoms. The summed E-state index contributed by atoms with van der Waals surface area (Å²) in [6.45, 7) is 7.06. The van der Waals surface area contributed by atoms with E-state index in [2.05, 4.69) is 25.8 Å². The molecule has 0 aromatic rings. The second-order valence-electron chi connectivity index (χ2n) is 12.3. The van der Waals surface area contributed by atoms with E-state index >= 15 is 0 Å². The Labute approximate surface area is 227 Å². The molecule has 4 aliphatic carbocycles. The third-order valence-electron chi connectivity index (χ3n) is 10.9. The van der Waals surface area contributed by atoms with E-state index in [1.54, 1.807) is 0 Å². The molecular formula is C27H44NNaO5. The number of carbonyl (C=O) groups is 1. The van der Waals surface area contributed by atoms with Crippen molar-refractivity contribution in [1.82, 2.24) is 0 Å². The van der Waals surface area contributed by atoms with Gasteiger partial charge in [-0.1, -0.05) is 20.8 Å². The van der Waals surface area contributed by atoms with Crippen LogP contribution in [0.5, 0.6) is 0 Å². The summed E-state index contributed by atoms with van der Waals surface area (Å²) >= 11 is 0. The Balaban J connectivity index is 0.00000324. The molecule has 0 aromatic heterocycles. The van der Waals surface area contributed by atoms with E-state index in [0.717, 1.165) is 38.5 Å². The summed E-state index contributed by atoms with van der Waals surface area (Å²) in [4.78, 5) is 14.5. The maximum Gasteiger partial charge on any atom is 1.00 e. The van der Waals surface area contributed by atoms with Crippen LogP contribution in [0.1, 0.15) is 91.4 Å². The number of aliphatic hydroxyl groups is 2. The molecule has 0 saturated heterocycles. The first-order valence-electron chi connectivity index (χ1n) is 13.4. The zero-order chi connectivity index (χ0) is 24.0. The van der Waals surface area contributed by atoms with E-state index in [1.807, 2.05) is 0 Å². The molecule has 6 nitrogen and oxygen atoms in total. The first-order valence-corrected chi connectivity index (χ1v) is 13.4. The summed E-state index contributed by atoms with van der Waals surface area (Å²) < 4.78 is 0. The molecule has 4 fully saturated rings. The monoisotopic (exact) mass is 485 g/mol. The Morgan fingerprint density at radius 3 is 2.50 bits per heavy atom. The normalized spacial score (nSPS) is 44.9. The van der Waals surface area contributed by atoms with Crippen LogP contribution in [0, 0.1) is 46.3 Å². The van der Waals surface area contributed by atoms with Gasteiger partial charge < -0.3 is 25.4 Å². The molecule has 4 aliphatic rings. The predicted octanol–water partition coefficient (Wildman–Crippen LogP) is 0.631.